The van der Waals surface area contributed by atoms with E-state index in [0.29, 0.717) is 10.6 Å². The number of anilines is 1. The predicted molar refractivity (Wildman–Crippen MR) is 76.0 cm³/mol. The Morgan fingerprint density at radius 3 is 2.94 bits per heavy atom. The minimum absolute atomic E-state index is 0.636. The van der Waals surface area contributed by atoms with Gasteiger partial charge in [0.1, 0.15) is 6.07 Å². The molecule has 0 N–H and O–H groups in total. The van der Waals surface area contributed by atoms with Gasteiger partial charge < -0.3 is 4.90 Å². The van der Waals surface area contributed by atoms with Gasteiger partial charge in [-0.1, -0.05) is 24.9 Å². The van der Waals surface area contributed by atoms with Gasteiger partial charge in [0.2, 0.25) is 0 Å². The maximum Gasteiger partial charge on any atom is 0.101 e. The molecule has 1 aliphatic rings. The summed E-state index contributed by atoms with van der Waals surface area (Å²) in [6.07, 6.45) is 5.01. The number of hydrogen-bond acceptors (Lipinski definition) is 2. The fourth-order valence-electron chi connectivity index (χ4n) is 2.69. The highest BCUT2D eigenvalue weighted by Gasteiger charge is 2.18. The number of nitrogens with zero attached hydrogens (tertiary/aromatic N) is 2. The zero-order chi connectivity index (χ0) is 13.0. The summed E-state index contributed by atoms with van der Waals surface area (Å²) in [5, 5.41) is 9.84. The molecule has 1 heterocycles. The topological polar surface area (TPSA) is 27.0 Å². The molecule has 0 aliphatic carbocycles. The Morgan fingerprint density at radius 1 is 1.39 bits per heavy atom. The maximum atomic E-state index is 9.21. The monoisotopic (exact) mass is 262 g/mol. The molecule has 1 fully saturated rings. The first-order chi connectivity index (χ1) is 8.74. The molecule has 3 heteroatoms. The SMILES string of the molecule is CCC1CCCN(c2ccc(Cl)cc2C#N)CC1. The number of halogens is 1. The van der Waals surface area contributed by atoms with Crippen LogP contribution in [0.4, 0.5) is 5.69 Å². The molecular weight excluding hydrogens is 244 g/mol. The smallest absolute Gasteiger partial charge is 0.101 e. The standard InChI is InChI=1S/C15H19ClN2/c1-2-12-4-3-8-18(9-7-12)15-6-5-14(16)10-13(15)11-17/h5-6,10,12H,2-4,7-9H2,1H3. The quantitative estimate of drug-likeness (QED) is 0.798. The van der Waals surface area contributed by atoms with E-state index in [9.17, 15) is 5.26 Å². The van der Waals surface area contributed by atoms with E-state index in [-0.39, 0.29) is 0 Å². The first-order valence-electron chi connectivity index (χ1n) is 6.69. The van der Waals surface area contributed by atoms with E-state index >= 15 is 0 Å². The molecule has 0 radical (unpaired) electrons. The van der Waals surface area contributed by atoms with Crippen molar-refractivity contribution in [2.45, 2.75) is 32.6 Å². The van der Waals surface area contributed by atoms with Gasteiger partial charge >= 0.3 is 0 Å². The zero-order valence-electron chi connectivity index (χ0n) is 10.8. The van der Waals surface area contributed by atoms with Crippen molar-refractivity contribution in [3.63, 3.8) is 0 Å². The Balaban J connectivity index is 2.19. The average Bonchev–Trinajstić information content (AvgIpc) is 2.63. The van der Waals surface area contributed by atoms with Crippen molar-refractivity contribution in [2.75, 3.05) is 18.0 Å². The third-order valence-corrected chi connectivity index (χ3v) is 4.08. The van der Waals surface area contributed by atoms with Gasteiger partial charge in [0, 0.05) is 18.1 Å². The van der Waals surface area contributed by atoms with Crippen molar-refractivity contribution in [2.24, 2.45) is 5.92 Å². The highest BCUT2D eigenvalue weighted by atomic mass is 35.5. The molecule has 2 rings (SSSR count). The third-order valence-electron chi connectivity index (χ3n) is 3.84. The molecule has 0 saturated carbocycles. The average molecular weight is 263 g/mol. The van der Waals surface area contributed by atoms with Gasteiger partial charge in [0.25, 0.3) is 0 Å². The fraction of sp³-hybridized carbons (Fsp3) is 0.533. The highest BCUT2D eigenvalue weighted by Crippen LogP contribution is 2.28. The summed E-state index contributed by atoms with van der Waals surface area (Å²) in [5.74, 6) is 0.841. The number of benzene rings is 1. The Hall–Kier alpha value is -1.20. The minimum atomic E-state index is 0.636. The van der Waals surface area contributed by atoms with E-state index in [0.717, 1.165) is 24.7 Å². The van der Waals surface area contributed by atoms with Crippen LogP contribution in [0, 0.1) is 17.2 Å². The number of rotatable bonds is 2. The van der Waals surface area contributed by atoms with E-state index in [4.69, 9.17) is 11.6 Å². The summed E-state index contributed by atoms with van der Waals surface area (Å²) in [6.45, 7) is 4.37. The second kappa shape index (κ2) is 6.11. The van der Waals surface area contributed by atoms with Crippen LogP contribution in [-0.2, 0) is 0 Å². The Bertz CT molecular complexity index is 450. The van der Waals surface area contributed by atoms with Crippen LogP contribution >= 0.6 is 11.6 Å². The summed E-state index contributed by atoms with van der Waals surface area (Å²) in [5.41, 5.74) is 1.73. The van der Waals surface area contributed by atoms with Gasteiger partial charge in [0.15, 0.2) is 0 Å². The minimum Gasteiger partial charge on any atom is -0.370 e. The second-order valence-corrected chi connectivity index (χ2v) is 5.40. The van der Waals surface area contributed by atoms with Gasteiger partial charge in [-0.15, -0.1) is 0 Å². The lowest BCUT2D eigenvalue weighted by Gasteiger charge is -2.24. The van der Waals surface area contributed by atoms with Crippen LogP contribution in [-0.4, -0.2) is 13.1 Å². The largest absolute Gasteiger partial charge is 0.370 e. The third kappa shape index (κ3) is 2.97. The van der Waals surface area contributed by atoms with Crippen LogP contribution < -0.4 is 4.90 Å². The van der Waals surface area contributed by atoms with Gasteiger partial charge in [-0.2, -0.15) is 5.26 Å². The predicted octanol–water partition coefficient (Wildman–Crippen LogP) is 4.23. The van der Waals surface area contributed by atoms with Crippen LogP contribution in [0.5, 0.6) is 0 Å². The van der Waals surface area contributed by atoms with E-state index < -0.39 is 0 Å². The van der Waals surface area contributed by atoms with Crippen LogP contribution in [0.15, 0.2) is 18.2 Å². The highest BCUT2D eigenvalue weighted by molar-refractivity contribution is 6.30. The molecule has 1 atom stereocenters. The summed E-state index contributed by atoms with van der Waals surface area (Å²) >= 11 is 5.94. The van der Waals surface area contributed by atoms with E-state index in [2.05, 4.69) is 17.9 Å². The van der Waals surface area contributed by atoms with Crippen molar-refractivity contribution in [1.29, 1.82) is 5.26 Å². The molecule has 0 spiro atoms. The van der Waals surface area contributed by atoms with Crippen molar-refractivity contribution < 1.29 is 0 Å². The van der Waals surface area contributed by atoms with Gasteiger partial charge in [-0.05, 0) is 43.4 Å². The van der Waals surface area contributed by atoms with Gasteiger partial charge in [-0.3, -0.25) is 0 Å². The van der Waals surface area contributed by atoms with Crippen LogP contribution in [0.1, 0.15) is 38.2 Å². The van der Waals surface area contributed by atoms with Crippen molar-refractivity contribution in [3.8, 4) is 6.07 Å². The van der Waals surface area contributed by atoms with Crippen molar-refractivity contribution in [1.82, 2.24) is 0 Å². The lowest BCUT2D eigenvalue weighted by molar-refractivity contribution is 0.459. The molecule has 1 aromatic carbocycles. The van der Waals surface area contributed by atoms with Crippen LogP contribution in [0.2, 0.25) is 5.02 Å². The lowest BCUT2D eigenvalue weighted by Crippen LogP contribution is -2.25. The Morgan fingerprint density at radius 2 is 2.22 bits per heavy atom. The molecule has 96 valence electrons. The van der Waals surface area contributed by atoms with E-state index in [1.807, 2.05) is 12.1 Å². The first kappa shape index (κ1) is 13.2. The van der Waals surface area contributed by atoms with E-state index in [1.54, 1.807) is 6.07 Å². The van der Waals surface area contributed by atoms with E-state index in [1.165, 1.54) is 25.7 Å². The summed E-state index contributed by atoms with van der Waals surface area (Å²) < 4.78 is 0. The van der Waals surface area contributed by atoms with Crippen molar-refractivity contribution >= 4 is 17.3 Å². The van der Waals surface area contributed by atoms with Gasteiger partial charge in [-0.25, -0.2) is 0 Å². The molecule has 1 aromatic rings. The molecule has 0 aromatic heterocycles. The summed E-state index contributed by atoms with van der Waals surface area (Å²) in [7, 11) is 0. The second-order valence-electron chi connectivity index (χ2n) is 4.97. The molecule has 0 amide bonds. The molecule has 1 saturated heterocycles. The normalized spacial score (nSPS) is 20.3. The van der Waals surface area contributed by atoms with Crippen LogP contribution in [0.25, 0.3) is 0 Å². The number of hydrogen-bond donors (Lipinski definition) is 0. The molecule has 18 heavy (non-hydrogen) atoms. The first-order valence-corrected chi connectivity index (χ1v) is 7.07. The van der Waals surface area contributed by atoms with Crippen LogP contribution in [0.3, 0.4) is 0 Å². The molecule has 1 unspecified atom stereocenters. The Kier molecular flexibility index (Phi) is 4.49. The molecular formula is C15H19ClN2. The van der Waals surface area contributed by atoms with Gasteiger partial charge in [0.05, 0.1) is 11.3 Å². The van der Waals surface area contributed by atoms with Crippen molar-refractivity contribution in [3.05, 3.63) is 28.8 Å². The summed E-state index contributed by atoms with van der Waals surface area (Å²) in [6, 6.07) is 7.87. The number of nitriles is 1. The molecule has 1 aliphatic heterocycles. The molecule has 0 bridgehead atoms. The molecule has 2 nitrogen and oxygen atoms in total. The summed E-state index contributed by atoms with van der Waals surface area (Å²) in [4.78, 5) is 2.34. The zero-order valence-corrected chi connectivity index (χ0v) is 11.6. The fourth-order valence-corrected chi connectivity index (χ4v) is 2.86. The maximum absolute atomic E-state index is 9.21. The Labute approximate surface area is 114 Å². The lowest BCUT2D eigenvalue weighted by atomic mass is 9.98.